The molecule has 1 aromatic carbocycles. The lowest BCUT2D eigenvalue weighted by Gasteiger charge is -2.20. The van der Waals surface area contributed by atoms with Crippen molar-refractivity contribution < 1.29 is 4.79 Å². The molecule has 0 aliphatic rings. The molecule has 4 heteroatoms. The molecule has 2 rings (SSSR count). The van der Waals surface area contributed by atoms with Crippen molar-refractivity contribution in [1.82, 2.24) is 4.57 Å². The Kier molecular flexibility index (Phi) is 8.49. The van der Waals surface area contributed by atoms with Crippen molar-refractivity contribution in [3.8, 4) is 0 Å². The van der Waals surface area contributed by atoms with Crippen molar-refractivity contribution in [2.45, 2.75) is 79.2 Å². The topological polar surface area (TPSA) is 51.1 Å². The first-order valence-corrected chi connectivity index (χ1v) is 10.6. The molecule has 4 nitrogen and oxygen atoms in total. The summed E-state index contributed by atoms with van der Waals surface area (Å²) in [5.41, 5.74) is 3.70. The number of unbranched alkanes of at least 4 members (excludes halogenated alkanes) is 4. The Morgan fingerprint density at radius 3 is 2.36 bits per heavy atom. The van der Waals surface area contributed by atoms with E-state index >= 15 is 0 Å². The molecule has 0 atom stereocenters. The fraction of sp³-hybridized carbons (Fsp3) is 0.500. The van der Waals surface area contributed by atoms with Gasteiger partial charge in [-0.15, -0.1) is 0 Å². The smallest absolute Gasteiger partial charge is 0.261 e. The molecule has 0 saturated heterocycles. The molecule has 1 amide bonds. The van der Waals surface area contributed by atoms with E-state index in [0.717, 1.165) is 74.1 Å². The molecule has 0 radical (unpaired) electrons. The second kappa shape index (κ2) is 10.8. The molecular weight excluding hydrogens is 348 g/mol. The number of pyridine rings is 1. The minimum atomic E-state index is -0.296. The lowest BCUT2D eigenvalue weighted by atomic mass is 10.0. The van der Waals surface area contributed by atoms with E-state index < -0.39 is 0 Å². The monoisotopic (exact) mass is 382 g/mol. The molecule has 0 bridgehead atoms. The highest BCUT2D eigenvalue weighted by molar-refractivity contribution is 6.05. The van der Waals surface area contributed by atoms with Gasteiger partial charge in [-0.25, -0.2) is 0 Å². The maximum atomic E-state index is 13.1. The molecule has 1 N–H and O–H groups in total. The van der Waals surface area contributed by atoms with E-state index in [1.165, 1.54) is 0 Å². The predicted octanol–water partition coefficient (Wildman–Crippen LogP) is 5.64. The van der Waals surface area contributed by atoms with E-state index in [0.29, 0.717) is 5.56 Å². The van der Waals surface area contributed by atoms with Gasteiger partial charge in [0.15, 0.2) is 5.43 Å². The third-order valence-corrected chi connectivity index (χ3v) is 5.25. The second-order valence-electron chi connectivity index (χ2n) is 7.56. The van der Waals surface area contributed by atoms with E-state index in [4.69, 9.17) is 0 Å². The van der Waals surface area contributed by atoms with Gasteiger partial charge in [-0.05, 0) is 44.7 Å². The Morgan fingerprint density at radius 1 is 1.00 bits per heavy atom. The maximum Gasteiger partial charge on any atom is 0.261 e. The normalized spacial score (nSPS) is 10.9. The molecule has 0 aliphatic carbocycles. The van der Waals surface area contributed by atoms with Crippen molar-refractivity contribution >= 4 is 11.6 Å². The minimum absolute atomic E-state index is 0.179. The zero-order valence-corrected chi connectivity index (χ0v) is 17.8. The van der Waals surface area contributed by atoms with E-state index in [9.17, 15) is 9.59 Å². The summed E-state index contributed by atoms with van der Waals surface area (Å²) in [6.07, 6.45) is 7.29. The van der Waals surface area contributed by atoms with Gasteiger partial charge in [0.2, 0.25) is 0 Å². The number of hydrogen-bond acceptors (Lipinski definition) is 2. The van der Waals surface area contributed by atoms with Crippen LogP contribution in [0.1, 0.15) is 79.7 Å². The molecule has 1 heterocycles. The van der Waals surface area contributed by atoms with Gasteiger partial charge in [0.1, 0.15) is 5.56 Å². The largest absolute Gasteiger partial charge is 0.348 e. The van der Waals surface area contributed by atoms with Gasteiger partial charge in [-0.3, -0.25) is 9.59 Å². The average molecular weight is 383 g/mol. The van der Waals surface area contributed by atoms with Crippen molar-refractivity contribution in [3.05, 3.63) is 63.1 Å². The number of aryl methyl sites for hydroxylation is 2. The summed E-state index contributed by atoms with van der Waals surface area (Å²) in [4.78, 5) is 25.9. The van der Waals surface area contributed by atoms with Crippen LogP contribution < -0.4 is 10.7 Å². The Bertz CT molecular complexity index is 852. The number of para-hydroxylation sites is 1. The quantitative estimate of drug-likeness (QED) is 0.541. The SMILES string of the molecule is CCCCCc1c(C(=O)Nc2ccccc2C)c(=O)cc(C)n1CCCCC. The van der Waals surface area contributed by atoms with Gasteiger partial charge in [0.05, 0.1) is 0 Å². The van der Waals surface area contributed by atoms with E-state index in [-0.39, 0.29) is 11.3 Å². The minimum Gasteiger partial charge on any atom is -0.348 e. The number of carbonyl (C=O) groups is 1. The zero-order chi connectivity index (χ0) is 20.5. The van der Waals surface area contributed by atoms with Crippen LogP contribution in [-0.2, 0) is 13.0 Å². The number of nitrogens with zero attached hydrogens (tertiary/aromatic N) is 1. The highest BCUT2D eigenvalue weighted by atomic mass is 16.2. The summed E-state index contributed by atoms with van der Waals surface area (Å²) in [6, 6.07) is 9.27. The standard InChI is InChI=1S/C24H34N2O2/c1-5-7-9-15-21-23(24(28)25-20-14-11-10-13-18(20)3)22(27)17-19(4)26(21)16-12-8-6-2/h10-11,13-14,17H,5-9,12,15-16H2,1-4H3,(H,25,28). The van der Waals surface area contributed by atoms with Crippen LogP contribution in [0.3, 0.4) is 0 Å². The van der Waals surface area contributed by atoms with Crippen molar-refractivity contribution in [3.63, 3.8) is 0 Å². The first kappa shape index (κ1) is 21.9. The van der Waals surface area contributed by atoms with Gasteiger partial charge >= 0.3 is 0 Å². The molecule has 0 fully saturated rings. The predicted molar refractivity (Wildman–Crippen MR) is 117 cm³/mol. The van der Waals surface area contributed by atoms with Crippen LogP contribution in [0.15, 0.2) is 35.1 Å². The van der Waals surface area contributed by atoms with Gasteiger partial charge < -0.3 is 9.88 Å². The number of anilines is 1. The van der Waals surface area contributed by atoms with Crippen LogP contribution >= 0.6 is 0 Å². The summed E-state index contributed by atoms with van der Waals surface area (Å²) in [5, 5.41) is 2.96. The van der Waals surface area contributed by atoms with Crippen LogP contribution in [0, 0.1) is 13.8 Å². The van der Waals surface area contributed by atoms with Crippen molar-refractivity contribution in [2.24, 2.45) is 0 Å². The fourth-order valence-corrected chi connectivity index (χ4v) is 3.60. The van der Waals surface area contributed by atoms with E-state index in [1.54, 1.807) is 6.07 Å². The first-order chi connectivity index (χ1) is 13.5. The van der Waals surface area contributed by atoms with Crippen LogP contribution in [0.4, 0.5) is 5.69 Å². The van der Waals surface area contributed by atoms with Crippen LogP contribution in [-0.4, -0.2) is 10.5 Å². The number of benzene rings is 1. The summed E-state index contributed by atoms with van der Waals surface area (Å²) in [5.74, 6) is -0.296. The molecule has 0 saturated carbocycles. The summed E-state index contributed by atoms with van der Waals surface area (Å²) >= 11 is 0. The molecule has 152 valence electrons. The molecule has 0 unspecified atom stereocenters. The third-order valence-electron chi connectivity index (χ3n) is 5.25. The highest BCUT2D eigenvalue weighted by Gasteiger charge is 2.20. The maximum absolute atomic E-state index is 13.1. The average Bonchev–Trinajstić information content (AvgIpc) is 2.66. The molecular formula is C24H34N2O2. The van der Waals surface area contributed by atoms with Gasteiger partial charge in [0, 0.05) is 29.7 Å². The third kappa shape index (κ3) is 5.57. The van der Waals surface area contributed by atoms with E-state index in [2.05, 4.69) is 23.7 Å². The highest BCUT2D eigenvalue weighted by Crippen LogP contribution is 2.18. The summed E-state index contributed by atoms with van der Waals surface area (Å²) < 4.78 is 2.19. The summed E-state index contributed by atoms with van der Waals surface area (Å²) in [7, 11) is 0. The number of rotatable bonds is 10. The lowest BCUT2D eigenvalue weighted by molar-refractivity contribution is 0.102. The van der Waals surface area contributed by atoms with Gasteiger partial charge in [-0.2, -0.15) is 0 Å². The Morgan fingerprint density at radius 2 is 1.68 bits per heavy atom. The Labute approximate surface area is 169 Å². The van der Waals surface area contributed by atoms with Gasteiger partial charge in [0.25, 0.3) is 5.91 Å². The Hall–Kier alpha value is -2.36. The number of aromatic nitrogens is 1. The van der Waals surface area contributed by atoms with E-state index in [1.807, 2.05) is 38.1 Å². The molecule has 28 heavy (non-hydrogen) atoms. The lowest BCUT2D eigenvalue weighted by Crippen LogP contribution is -2.28. The number of nitrogens with one attached hydrogen (secondary N) is 1. The number of carbonyl (C=O) groups excluding carboxylic acids is 1. The molecule has 1 aromatic heterocycles. The van der Waals surface area contributed by atoms with Crippen LogP contribution in [0.5, 0.6) is 0 Å². The zero-order valence-electron chi connectivity index (χ0n) is 17.8. The number of amides is 1. The van der Waals surface area contributed by atoms with Crippen LogP contribution in [0.25, 0.3) is 0 Å². The first-order valence-electron chi connectivity index (χ1n) is 10.6. The Balaban J connectivity index is 2.44. The van der Waals surface area contributed by atoms with Crippen molar-refractivity contribution in [1.29, 1.82) is 0 Å². The van der Waals surface area contributed by atoms with Crippen molar-refractivity contribution in [2.75, 3.05) is 5.32 Å². The number of hydrogen-bond donors (Lipinski definition) is 1. The van der Waals surface area contributed by atoms with Crippen LogP contribution in [0.2, 0.25) is 0 Å². The summed E-state index contributed by atoms with van der Waals surface area (Å²) in [6.45, 7) is 9.12. The fourth-order valence-electron chi connectivity index (χ4n) is 3.60. The molecule has 0 aliphatic heterocycles. The molecule has 0 spiro atoms. The molecule has 2 aromatic rings. The van der Waals surface area contributed by atoms with Gasteiger partial charge in [-0.1, -0.05) is 57.7 Å². The second-order valence-corrected chi connectivity index (χ2v) is 7.56.